The van der Waals surface area contributed by atoms with Crippen LogP contribution in [0.1, 0.15) is 49.0 Å². The lowest BCUT2D eigenvalue weighted by atomic mass is 9.94. The van der Waals surface area contributed by atoms with E-state index in [1.54, 1.807) is 15.2 Å². The third-order valence-electron chi connectivity index (χ3n) is 5.71. The molecule has 0 fully saturated rings. The molecule has 4 rings (SSSR count). The first kappa shape index (κ1) is 21.4. The number of imidazole rings is 1. The lowest BCUT2D eigenvalue weighted by molar-refractivity contribution is -0.137. The van der Waals surface area contributed by atoms with Crippen molar-refractivity contribution in [2.45, 2.75) is 52.6 Å². The molecule has 6 nitrogen and oxygen atoms in total. The van der Waals surface area contributed by atoms with Gasteiger partial charge in [0.05, 0.1) is 34.4 Å². The van der Waals surface area contributed by atoms with Crippen LogP contribution in [0, 0.1) is 13.8 Å². The molecule has 2 heterocycles. The number of rotatable bonds is 7. The summed E-state index contributed by atoms with van der Waals surface area (Å²) < 4.78 is 8.99. The third kappa shape index (κ3) is 3.80. The zero-order valence-electron chi connectivity index (χ0n) is 17.9. The van der Waals surface area contributed by atoms with Crippen LogP contribution < -0.4 is 11.2 Å². The van der Waals surface area contributed by atoms with Gasteiger partial charge in [-0.1, -0.05) is 37.0 Å². The number of carboxylic acids is 1. The third-order valence-corrected chi connectivity index (χ3v) is 6.54. The molecule has 1 N–H and O–H groups in total. The van der Waals surface area contributed by atoms with Crippen LogP contribution in [-0.2, 0) is 11.3 Å². The minimum absolute atomic E-state index is 0.126. The molecule has 0 spiro atoms. The largest absolute Gasteiger partial charge is 0.481 e. The standard InChI is InChI=1S/C23H24BN3O3S/c1-4-6-15(11-20(28)29)27-22-16(24)7-5-8-18(22)26(23(27)30)12-17-21-14(3)9-13(2)10-19(21)31-25-17/h5,7-10,15H,4,6,11-12H2,1-3H3,(H,28,29). The Kier molecular flexibility index (Phi) is 5.75. The number of aryl methyl sites for hydroxylation is 2. The second kappa shape index (κ2) is 8.34. The van der Waals surface area contributed by atoms with Gasteiger partial charge in [-0.15, -0.1) is 0 Å². The summed E-state index contributed by atoms with van der Waals surface area (Å²) in [4.78, 5) is 25.1. The smallest absolute Gasteiger partial charge is 0.329 e. The second-order valence-electron chi connectivity index (χ2n) is 8.08. The second-order valence-corrected chi connectivity index (χ2v) is 8.88. The van der Waals surface area contributed by atoms with E-state index in [0.717, 1.165) is 27.8 Å². The lowest BCUT2D eigenvalue weighted by Crippen LogP contribution is -2.30. The fraction of sp³-hybridized carbons (Fsp3) is 0.348. The number of benzene rings is 2. The molecule has 2 aromatic heterocycles. The Morgan fingerprint density at radius 1 is 1.29 bits per heavy atom. The van der Waals surface area contributed by atoms with Crippen LogP contribution in [0.25, 0.3) is 21.1 Å². The molecule has 2 radical (unpaired) electrons. The first-order valence-electron chi connectivity index (χ1n) is 10.4. The van der Waals surface area contributed by atoms with Gasteiger partial charge in [0.1, 0.15) is 7.85 Å². The van der Waals surface area contributed by atoms with E-state index in [1.165, 1.54) is 17.1 Å². The van der Waals surface area contributed by atoms with Crippen molar-refractivity contribution in [1.29, 1.82) is 0 Å². The fourth-order valence-corrected chi connectivity index (χ4v) is 5.45. The molecule has 0 saturated carbocycles. The van der Waals surface area contributed by atoms with Gasteiger partial charge in [-0.25, -0.2) is 4.79 Å². The molecule has 0 aliphatic rings. The van der Waals surface area contributed by atoms with Crippen LogP contribution in [0.2, 0.25) is 0 Å². The highest BCUT2D eigenvalue weighted by Gasteiger charge is 2.24. The molecule has 4 aromatic rings. The zero-order chi connectivity index (χ0) is 22.3. The highest BCUT2D eigenvalue weighted by atomic mass is 32.1. The molecule has 158 valence electrons. The summed E-state index contributed by atoms with van der Waals surface area (Å²) in [5, 5.41) is 10.5. The van der Waals surface area contributed by atoms with Crippen molar-refractivity contribution in [3.8, 4) is 0 Å². The number of aliphatic carboxylic acids is 1. The van der Waals surface area contributed by atoms with Crippen molar-refractivity contribution in [3.63, 3.8) is 0 Å². The number of aromatic nitrogens is 3. The molecule has 31 heavy (non-hydrogen) atoms. The molecular formula is C23H24BN3O3S. The maximum Gasteiger partial charge on any atom is 0.329 e. The average molecular weight is 433 g/mol. The van der Waals surface area contributed by atoms with Gasteiger partial charge in [0, 0.05) is 11.4 Å². The van der Waals surface area contributed by atoms with Gasteiger partial charge in [0.25, 0.3) is 0 Å². The minimum atomic E-state index is -0.933. The van der Waals surface area contributed by atoms with Crippen LogP contribution in [-0.4, -0.2) is 32.4 Å². The van der Waals surface area contributed by atoms with E-state index in [0.29, 0.717) is 29.5 Å². The quantitative estimate of drug-likeness (QED) is 0.451. The molecule has 1 atom stereocenters. The number of hydrogen-bond acceptors (Lipinski definition) is 4. The van der Waals surface area contributed by atoms with E-state index in [2.05, 4.69) is 30.4 Å². The summed E-state index contributed by atoms with van der Waals surface area (Å²) in [7, 11) is 6.27. The van der Waals surface area contributed by atoms with Gasteiger partial charge in [-0.2, -0.15) is 4.37 Å². The van der Waals surface area contributed by atoms with Crippen molar-refractivity contribution >= 4 is 51.9 Å². The average Bonchev–Trinajstić information content (AvgIpc) is 3.22. The summed E-state index contributed by atoms with van der Waals surface area (Å²) >= 11 is 1.43. The van der Waals surface area contributed by atoms with Gasteiger partial charge < -0.3 is 5.11 Å². The number of carboxylic acid groups (broad SMARTS) is 1. The number of nitrogens with zero attached hydrogens (tertiary/aromatic N) is 3. The molecule has 0 amide bonds. The highest BCUT2D eigenvalue weighted by molar-refractivity contribution is 7.13. The van der Waals surface area contributed by atoms with E-state index in [-0.39, 0.29) is 12.1 Å². The fourth-order valence-electron chi connectivity index (χ4n) is 4.48. The Labute approximate surface area is 185 Å². The molecule has 1 unspecified atom stereocenters. The van der Waals surface area contributed by atoms with Crippen molar-refractivity contribution in [2.24, 2.45) is 0 Å². The minimum Gasteiger partial charge on any atom is -0.481 e. The van der Waals surface area contributed by atoms with E-state index in [4.69, 9.17) is 7.85 Å². The Balaban J connectivity index is 1.92. The van der Waals surface area contributed by atoms with Gasteiger partial charge in [-0.05, 0) is 55.1 Å². The Bertz CT molecular complexity index is 1350. The number of fused-ring (bicyclic) bond motifs is 2. The number of carbonyl (C=O) groups is 1. The van der Waals surface area contributed by atoms with Crippen LogP contribution in [0.4, 0.5) is 0 Å². The molecule has 0 bridgehead atoms. The maximum atomic E-state index is 13.6. The highest BCUT2D eigenvalue weighted by Crippen LogP contribution is 2.29. The van der Waals surface area contributed by atoms with E-state index >= 15 is 0 Å². The number of para-hydroxylation sites is 1. The molecule has 0 aliphatic heterocycles. The first-order valence-corrected chi connectivity index (χ1v) is 11.2. The predicted molar refractivity (Wildman–Crippen MR) is 126 cm³/mol. The van der Waals surface area contributed by atoms with Crippen molar-refractivity contribution in [3.05, 3.63) is 57.6 Å². The molecule has 0 saturated heterocycles. The van der Waals surface area contributed by atoms with Gasteiger partial charge in [0.15, 0.2) is 0 Å². The van der Waals surface area contributed by atoms with Gasteiger partial charge in [-0.3, -0.25) is 13.9 Å². The van der Waals surface area contributed by atoms with E-state index in [1.807, 2.05) is 19.1 Å². The van der Waals surface area contributed by atoms with Crippen molar-refractivity contribution < 1.29 is 9.90 Å². The molecule has 0 aliphatic carbocycles. The molecular weight excluding hydrogens is 409 g/mol. The van der Waals surface area contributed by atoms with Crippen LogP contribution >= 0.6 is 11.5 Å². The summed E-state index contributed by atoms with van der Waals surface area (Å²) in [5.41, 5.74) is 4.66. The van der Waals surface area contributed by atoms with Gasteiger partial charge in [0.2, 0.25) is 0 Å². The SMILES string of the molecule is [B]c1cccc2c1n(C(CCC)CC(=O)O)c(=O)n2Cc1nsc2cc(C)cc(C)c12. The summed E-state index contributed by atoms with van der Waals surface area (Å²) in [6.45, 7) is 6.40. The van der Waals surface area contributed by atoms with Crippen LogP contribution in [0.3, 0.4) is 0 Å². The van der Waals surface area contributed by atoms with Crippen molar-refractivity contribution in [1.82, 2.24) is 13.5 Å². The summed E-state index contributed by atoms with van der Waals surface area (Å²) in [6, 6.07) is 9.19. The number of hydrogen-bond donors (Lipinski definition) is 1. The Hall–Kier alpha value is -2.87. The first-order chi connectivity index (χ1) is 14.8. The maximum absolute atomic E-state index is 13.6. The lowest BCUT2D eigenvalue weighted by Gasteiger charge is -2.17. The zero-order valence-corrected chi connectivity index (χ0v) is 18.7. The predicted octanol–water partition coefficient (Wildman–Crippen LogP) is 3.69. The normalized spacial score (nSPS) is 12.6. The Morgan fingerprint density at radius 2 is 2.06 bits per heavy atom. The topological polar surface area (TPSA) is 77.1 Å². The summed E-state index contributed by atoms with van der Waals surface area (Å²) in [5.74, 6) is -0.933. The summed E-state index contributed by atoms with van der Waals surface area (Å²) in [6.07, 6.45) is 1.22. The molecule has 8 heteroatoms. The monoisotopic (exact) mass is 433 g/mol. The molecule has 2 aromatic carbocycles. The van der Waals surface area contributed by atoms with Crippen LogP contribution in [0.5, 0.6) is 0 Å². The van der Waals surface area contributed by atoms with Gasteiger partial charge >= 0.3 is 11.7 Å². The Morgan fingerprint density at radius 3 is 2.77 bits per heavy atom. The van der Waals surface area contributed by atoms with Crippen molar-refractivity contribution in [2.75, 3.05) is 0 Å². The van der Waals surface area contributed by atoms with E-state index < -0.39 is 12.0 Å². The van der Waals surface area contributed by atoms with Crippen LogP contribution in [0.15, 0.2) is 35.1 Å². The van der Waals surface area contributed by atoms with E-state index in [9.17, 15) is 14.7 Å².